The van der Waals surface area contributed by atoms with Gasteiger partial charge >= 0.3 is 0 Å². The average Bonchev–Trinajstić information content (AvgIpc) is 1.77. The minimum absolute atomic E-state index is 0.979. The van der Waals surface area contributed by atoms with Crippen molar-refractivity contribution in [3.63, 3.8) is 0 Å². The molecule has 1 aromatic rings. The summed E-state index contributed by atoms with van der Waals surface area (Å²) in [6, 6.07) is 3.69. The van der Waals surface area contributed by atoms with Crippen LogP contribution in [0.4, 0.5) is 0 Å². The zero-order valence-electron chi connectivity index (χ0n) is 4.48. The predicted octanol–water partition coefficient (Wildman–Crippen LogP) is 1.95. The highest BCUT2D eigenvalue weighted by Gasteiger charge is 1.88. The molecule has 1 radical (unpaired) electrons. The fraction of sp³-hybridized carbons (Fsp3) is 0.167. The van der Waals surface area contributed by atoms with Crippen LogP contribution in [0.2, 0.25) is 0 Å². The molecule has 0 amide bonds. The van der Waals surface area contributed by atoms with E-state index in [0.29, 0.717) is 0 Å². The largest absolute Gasteiger partial charge is 0.250 e. The van der Waals surface area contributed by atoms with E-state index < -0.39 is 0 Å². The molecular formula is C6H5BrN. The standard InChI is InChI=1S/C6H5BrN/c1-5-6(7)3-2-4-8-5/h2-3H,1H3. The van der Waals surface area contributed by atoms with Crippen molar-refractivity contribution in [3.8, 4) is 0 Å². The zero-order valence-corrected chi connectivity index (χ0v) is 6.07. The molecule has 1 heterocycles. The number of rotatable bonds is 0. The van der Waals surface area contributed by atoms with Crippen molar-refractivity contribution in [2.45, 2.75) is 6.92 Å². The molecular weight excluding hydrogens is 166 g/mol. The molecule has 1 aromatic heterocycles. The molecule has 0 unspecified atom stereocenters. The van der Waals surface area contributed by atoms with E-state index >= 15 is 0 Å². The molecule has 0 saturated carbocycles. The van der Waals surface area contributed by atoms with Gasteiger partial charge in [-0.2, -0.15) is 0 Å². The van der Waals surface area contributed by atoms with E-state index in [4.69, 9.17) is 0 Å². The van der Waals surface area contributed by atoms with Gasteiger partial charge in [0, 0.05) is 4.47 Å². The second-order valence-electron chi connectivity index (χ2n) is 1.51. The van der Waals surface area contributed by atoms with E-state index in [1.54, 1.807) is 6.07 Å². The van der Waals surface area contributed by atoms with Crippen LogP contribution in [0.1, 0.15) is 5.69 Å². The SMILES string of the molecule is Cc1n[c]ccc1Br. The molecule has 1 rings (SSSR count). The fourth-order valence-electron chi connectivity index (χ4n) is 0.419. The van der Waals surface area contributed by atoms with Gasteiger partial charge in [-0.3, -0.25) is 4.98 Å². The van der Waals surface area contributed by atoms with E-state index in [2.05, 4.69) is 27.1 Å². The molecule has 0 N–H and O–H groups in total. The van der Waals surface area contributed by atoms with Gasteiger partial charge < -0.3 is 0 Å². The van der Waals surface area contributed by atoms with Crippen LogP contribution in [0.5, 0.6) is 0 Å². The maximum absolute atomic E-state index is 3.91. The number of halogens is 1. The van der Waals surface area contributed by atoms with Crippen LogP contribution in [0, 0.1) is 13.1 Å². The van der Waals surface area contributed by atoms with E-state index in [0.717, 1.165) is 10.2 Å². The summed E-state index contributed by atoms with van der Waals surface area (Å²) in [5.74, 6) is 0. The molecule has 0 fully saturated rings. The van der Waals surface area contributed by atoms with Crippen LogP contribution < -0.4 is 0 Å². The van der Waals surface area contributed by atoms with Gasteiger partial charge in [0.1, 0.15) is 0 Å². The summed E-state index contributed by atoms with van der Waals surface area (Å²) < 4.78 is 1.04. The Morgan fingerprint density at radius 1 is 1.75 bits per heavy atom. The third-order valence-electron chi connectivity index (χ3n) is 0.882. The first-order chi connectivity index (χ1) is 3.80. The summed E-state index contributed by atoms with van der Waals surface area (Å²) >= 11 is 3.31. The van der Waals surface area contributed by atoms with Crippen molar-refractivity contribution in [1.29, 1.82) is 0 Å². The Balaban J connectivity index is 3.13. The molecule has 8 heavy (non-hydrogen) atoms. The van der Waals surface area contributed by atoms with Gasteiger partial charge in [-0.1, -0.05) is 0 Å². The molecule has 0 aliphatic rings. The number of aromatic nitrogens is 1. The highest BCUT2D eigenvalue weighted by molar-refractivity contribution is 9.10. The lowest BCUT2D eigenvalue weighted by Crippen LogP contribution is -1.78. The Kier molecular flexibility index (Phi) is 1.63. The Morgan fingerprint density at radius 3 is 2.88 bits per heavy atom. The summed E-state index contributed by atoms with van der Waals surface area (Å²) in [5.41, 5.74) is 0.979. The van der Waals surface area contributed by atoms with Crippen molar-refractivity contribution in [1.82, 2.24) is 4.98 Å². The fourth-order valence-corrected chi connectivity index (χ4v) is 0.639. The Labute approximate surface area is 56.9 Å². The lowest BCUT2D eigenvalue weighted by molar-refractivity contribution is 1.17. The first-order valence-electron chi connectivity index (χ1n) is 2.30. The van der Waals surface area contributed by atoms with Crippen LogP contribution in [0.3, 0.4) is 0 Å². The number of nitrogens with zero attached hydrogens (tertiary/aromatic N) is 1. The Hall–Kier alpha value is -0.370. The number of hydrogen-bond donors (Lipinski definition) is 0. The molecule has 0 spiro atoms. The quantitative estimate of drug-likeness (QED) is 0.581. The lowest BCUT2D eigenvalue weighted by atomic mass is 10.4. The second-order valence-corrected chi connectivity index (χ2v) is 2.36. The molecule has 0 aromatic carbocycles. The number of hydrogen-bond acceptors (Lipinski definition) is 1. The molecule has 0 aliphatic carbocycles. The van der Waals surface area contributed by atoms with Gasteiger partial charge in [0.05, 0.1) is 11.9 Å². The maximum atomic E-state index is 3.91. The van der Waals surface area contributed by atoms with Gasteiger partial charge in [0.25, 0.3) is 0 Å². The van der Waals surface area contributed by atoms with E-state index in [-0.39, 0.29) is 0 Å². The van der Waals surface area contributed by atoms with Crippen molar-refractivity contribution in [2.75, 3.05) is 0 Å². The summed E-state index contributed by atoms with van der Waals surface area (Å²) in [6.07, 6.45) is 2.72. The van der Waals surface area contributed by atoms with Gasteiger partial charge in [0.2, 0.25) is 0 Å². The molecule has 41 valence electrons. The highest BCUT2D eigenvalue weighted by Crippen LogP contribution is 2.10. The number of pyridine rings is 1. The summed E-state index contributed by atoms with van der Waals surface area (Å²) in [7, 11) is 0. The monoisotopic (exact) mass is 170 g/mol. The van der Waals surface area contributed by atoms with Crippen LogP contribution in [-0.4, -0.2) is 4.98 Å². The van der Waals surface area contributed by atoms with E-state index in [1.807, 2.05) is 13.0 Å². The third kappa shape index (κ3) is 1.07. The second kappa shape index (κ2) is 2.27. The van der Waals surface area contributed by atoms with Gasteiger partial charge in [-0.15, -0.1) is 0 Å². The van der Waals surface area contributed by atoms with Gasteiger partial charge in [-0.25, -0.2) is 0 Å². The number of aryl methyl sites for hydroxylation is 1. The first-order valence-corrected chi connectivity index (χ1v) is 3.09. The summed E-state index contributed by atoms with van der Waals surface area (Å²) in [4.78, 5) is 3.91. The predicted molar refractivity (Wildman–Crippen MR) is 35.5 cm³/mol. The molecule has 2 heteroatoms. The van der Waals surface area contributed by atoms with Crippen LogP contribution in [0.15, 0.2) is 16.6 Å². The summed E-state index contributed by atoms with van der Waals surface area (Å²) in [5, 5.41) is 0. The first kappa shape index (κ1) is 5.76. The molecule has 0 bridgehead atoms. The van der Waals surface area contributed by atoms with Crippen molar-refractivity contribution in [3.05, 3.63) is 28.5 Å². The smallest absolute Gasteiger partial charge is 0.0890 e. The zero-order chi connectivity index (χ0) is 5.98. The van der Waals surface area contributed by atoms with Crippen molar-refractivity contribution >= 4 is 15.9 Å². The van der Waals surface area contributed by atoms with Crippen molar-refractivity contribution in [2.24, 2.45) is 0 Å². The van der Waals surface area contributed by atoms with Crippen LogP contribution in [0.25, 0.3) is 0 Å². The third-order valence-corrected chi connectivity index (χ3v) is 1.72. The topological polar surface area (TPSA) is 12.9 Å². The molecule has 0 atom stereocenters. The van der Waals surface area contributed by atoms with E-state index in [9.17, 15) is 0 Å². The lowest BCUT2D eigenvalue weighted by Gasteiger charge is -1.89. The minimum Gasteiger partial charge on any atom is -0.250 e. The minimum atomic E-state index is 0.979. The van der Waals surface area contributed by atoms with E-state index in [1.165, 1.54) is 0 Å². The highest BCUT2D eigenvalue weighted by atomic mass is 79.9. The summed E-state index contributed by atoms with van der Waals surface area (Å²) in [6.45, 7) is 1.93. The van der Waals surface area contributed by atoms with Gasteiger partial charge in [-0.05, 0) is 35.0 Å². The van der Waals surface area contributed by atoms with Crippen molar-refractivity contribution < 1.29 is 0 Å². The molecule has 0 saturated heterocycles. The van der Waals surface area contributed by atoms with Crippen LogP contribution in [-0.2, 0) is 0 Å². The molecule has 1 nitrogen and oxygen atoms in total. The average molecular weight is 171 g/mol. The van der Waals surface area contributed by atoms with Crippen LogP contribution >= 0.6 is 15.9 Å². The Bertz CT molecular complexity index is 165. The molecule has 0 aliphatic heterocycles. The Morgan fingerprint density at radius 2 is 2.50 bits per heavy atom. The van der Waals surface area contributed by atoms with Gasteiger partial charge in [0.15, 0.2) is 0 Å². The normalized spacial score (nSPS) is 9.25. The maximum Gasteiger partial charge on any atom is 0.0890 e.